The fraction of sp³-hybridized carbons (Fsp3) is 0.333. The average Bonchev–Trinajstić information content (AvgIpc) is 2.46. The Kier molecular flexibility index (Phi) is 6.28. The zero-order valence-corrected chi connectivity index (χ0v) is 11.8. The highest BCUT2D eigenvalue weighted by Gasteiger charge is 2.16. The first kappa shape index (κ1) is 17.1. The molecule has 0 heterocycles. The third-order valence-electron chi connectivity index (χ3n) is 2.50. The number of carbonyl (C=O) groups is 2. The van der Waals surface area contributed by atoms with E-state index in [1.54, 1.807) is 18.2 Å². The van der Waals surface area contributed by atoms with Crippen LogP contribution in [0.25, 0.3) is 0 Å². The Balaban J connectivity index is 2.38. The molecule has 1 rings (SSSR count). The minimum Gasteiger partial charge on any atom is -0.479 e. The highest BCUT2D eigenvalue weighted by atomic mass is 32.2. The maximum atomic E-state index is 11.8. The maximum absolute atomic E-state index is 11.8. The molecule has 0 aliphatic carbocycles. The van der Waals surface area contributed by atoms with Gasteiger partial charge in [-0.15, -0.1) is 0 Å². The summed E-state index contributed by atoms with van der Waals surface area (Å²) in [5, 5.41) is 19.7. The molecule has 8 nitrogen and oxygen atoms in total. The van der Waals surface area contributed by atoms with E-state index >= 15 is 0 Å². The molecule has 0 spiro atoms. The number of benzene rings is 1. The first-order valence-electron chi connectivity index (χ1n) is 6.05. The fourth-order valence-corrected chi connectivity index (χ4v) is 2.38. The number of rotatable bonds is 8. The number of amides is 1. The fourth-order valence-electron chi connectivity index (χ4n) is 1.38. The molecule has 1 aromatic carbocycles. The first-order chi connectivity index (χ1) is 9.83. The third kappa shape index (κ3) is 5.90. The van der Waals surface area contributed by atoms with Gasteiger partial charge in [-0.3, -0.25) is 4.79 Å². The number of nitrogens with one attached hydrogen (secondary N) is 2. The van der Waals surface area contributed by atoms with E-state index in [9.17, 15) is 18.0 Å². The number of carboxylic acids is 1. The van der Waals surface area contributed by atoms with Crippen molar-refractivity contribution >= 4 is 21.9 Å². The SMILES string of the molecule is O=C(CNS(=O)(=O)c1ccccc1)NCC[C@H](O)C(=O)O. The van der Waals surface area contributed by atoms with Crippen LogP contribution >= 0.6 is 0 Å². The molecule has 0 aliphatic rings. The van der Waals surface area contributed by atoms with Crippen molar-refractivity contribution in [3.05, 3.63) is 30.3 Å². The van der Waals surface area contributed by atoms with E-state index in [2.05, 4.69) is 10.0 Å². The predicted octanol–water partition coefficient (Wildman–Crippen LogP) is -1.08. The number of carbonyl (C=O) groups excluding carboxylic acids is 1. The first-order valence-corrected chi connectivity index (χ1v) is 7.53. The molecule has 0 fully saturated rings. The number of aliphatic carboxylic acids is 1. The molecule has 116 valence electrons. The largest absolute Gasteiger partial charge is 0.479 e. The van der Waals surface area contributed by atoms with Gasteiger partial charge in [0.2, 0.25) is 15.9 Å². The molecular weight excluding hydrogens is 300 g/mol. The lowest BCUT2D eigenvalue weighted by atomic mass is 10.2. The second kappa shape index (κ2) is 7.72. The Morgan fingerprint density at radius 2 is 1.81 bits per heavy atom. The van der Waals surface area contributed by atoms with Crippen LogP contribution in [0.5, 0.6) is 0 Å². The van der Waals surface area contributed by atoms with Gasteiger partial charge in [0.05, 0.1) is 11.4 Å². The van der Waals surface area contributed by atoms with E-state index in [1.165, 1.54) is 12.1 Å². The highest BCUT2D eigenvalue weighted by Crippen LogP contribution is 2.06. The highest BCUT2D eigenvalue weighted by molar-refractivity contribution is 7.89. The molecule has 0 unspecified atom stereocenters. The quantitative estimate of drug-likeness (QED) is 0.482. The van der Waals surface area contributed by atoms with Crippen LogP contribution in [0.2, 0.25) is 0 Å². The van der Waals surface area contributed by atoms with Crippen molar-refractivity contribution in [2.75, 3.05) is 13.1 Å². The van der Waals surface area contributed by atoms with Gasteiger partial charge in [-0.25, -0.2) is 17.9 Å². The van der Waals surface area contributed by atoms with Crippen LogP contribution in [-0.2, 0) is 19.6 Å². The van der Waals surface area contributed by atoms with E-state index in [0.29, 0.717) is 0 Å². The van der Waals surface area contributed by atoms with Gasteiger partial charge < -0.3 is 15.5 Å². The average molecular weight is 316 g/mol. The van der Waals surface area contributed by atoms with Crippen LogP contribution in [0.1, 0.15) is 6.42 Å². The van der Waals surface area contributed by atoms with Crippen LogP contribution in [-0.4, -0.2) is 49.7 Å². The molecule has 1 aromatic rings. The minimum absolute atomic E-state index is 0.0408. The molecule has 1 atom stereocenters. The molecule has 0 saturated heterocycles. The lowest BCUT2D eigenvalue weighted by Crippen LogP contribution is -2.38. The van der Waals surface area contributed by atoms with Gasteiger partial charge in [-0.1, -0.05) is 18.2 Å². The number of hydrogen-bond acceptors (Lipinski definition) is 5. The lowest BCUT2D eigenvalue weighted by Gasteiger charge is -2.09. The van der Waals surface area contributed by atoms with Crippen LogP contribution < -0.4 is 10.0 Å². The van der Waals surface area contributed by atoms with Crippen LogP contribution in [0.4, 0.5) is 0 Å². The summed E-state index contributed by atoms with van der Waals surface area (Å²) in [7, 11) is -3.76. The molecule has 0 radical (unpaired) electrons. The maximum Gasteiger partial charge on any atom is 0.332 e. The van der Waals surface area contributed by atoms with Crippen LogP contribution in [0, 0.1) is 0 Å². The summed E-state index contributed by atoms with van der Waals surface area (Å²) in [6, 6.07) is 7.57. The Morgan fingerprint density at radius 1 is 1.19 bits per heavy atom. The van der Waals surface area contributed by atoms with Crippen molar-refractivity contribution in [1.29, 1.82) is 0 Å². The van der Waals surface area contributed by atoms with Crippen molar-refractivity contribution in [3.63, 3.8) is 0 Å². The molecule has 21 heavy (non-hydrogen) atoms. The second-order valence-corrected chi connectivity index (χ2v) is 5.90. The Labute approximate surface area is 121 Å². The van der Waals surface area contributed by atoms with Crippen molar-refractivity contribution in [3.8, 4) is 0 Å². The Bertz CT molecular complexity index is 587. The Hall–Kier alpha value is -1.97. The standard InChI is InChI=1S/C12H16N2O6S/c15-10(12(17)18)6-7-13-11(16)8-14-21(19,20)9-4-2-1-3-5-9/h1-5,10,14-15H,6-8H2,(H,13,16)(H,17,18)/t10-/m0/s1. The van der Waals surface area contributed by atoms with E-state index in [1.807, 2.05) is 0 Å². The molecule has 4 N–H and O–H groups in total. The summed E-state index contributed by atoms with van der Waals surface area (Å²) < 4.78 is 25.7. The number of carboxylic acid groups (broad SMARTS) is 1. The van der Waals surface area contributed by atoms with Crippen molar-refractivity contribution in [2.24, 2.45) is 0 Å². The minimum atomic E-state index is -3.76. The predicted molar refractivity (Wildman–Crippen MR) is 72.9 cm³/mol. The number of sulfonamides is 1. The molecule has 0 aliphatic heterocycles. The molecule has 0 aromatic heterocycles. The van der Waals surface area contributed by atoms with Gasteiger partial charge in [0.15, 0.2) is 6.10 Å². The molecule has 9 heteroatoms. The molecule has 1 amide bonds. The van der Waals surface area contributed by atoms with Gasteiger partial charge in [0.25, 0.3) is 0 Å². The zero-order valence-electron chi connectivity index (χ0n) is 11.0. The third-order valence-corrected chi connectivity index (χ3v) is 3.92. The Morgan fingerprint density at radius 3 is 2.38 bits per heavy atom. The summed E-state index contributed by atoms with van der Waals surface area (Å²) in [6.07, 6.45) is -1.72. The van der Waals surface area contributed by atoms with E-state index in [4.69, 9.17) is 10.2 Å². The second-order valence-electron chi connectivity index (χ2n) is 4.13. The van der Waals surface area contributed by atoms with Crippen molar-refractivity contribution in [2.45, 2.75) is 17.4 Å². The molecular formula is C12H16N2O6S. The van der Waals surface area contributed by atoms with Gasteiger partial charge in [0.1, 0.15) is 0 Å². The molecule has 0 saturated carbocycles. The van der Waals surface area contributed by atoms with Crippen LogP contribution in [0.3, 0.4) is 0 Å². The molecule has 0 bridgehead atoms. The zero-order chi connectivity index (χ0) is 15.9. The van der Waals surface area contributed by atoms with Crippen molar-refractivity contribution in [1.82, 2.24) is 10.0 Å². The lowest BCUT2D eigenvalue weighted by molar-refractivity contribution is -0.147. The van der Waals surface area contributed by atoms with E-state index < -0.39 is 34.5 Å². The smallest absolute Gasteiger partial charge is 0.332 e. The van der Waals surface area contributed by atoms with Gasteiger partial charge >= 0.3 is 5.97 Å². The monoisotopic (exact) mass is 316 g/mol. The summed E-state index contributed by atoms with van der Waals surface area (Å²) in [5.74, 6) is -2.00. The summed E-state index contributed by atoms with van der Waals surface area (Å²) >= 11 is 0. The topological polar surface area (TPSA) is 133 Å². The van der Waals surface area contributed by atoms with Gasteiger partial charge in [0, 0.05) is 13.0 Å². The van der Waals surface area contributed by atoms with Crippen LogP contribution in [0.15, 0.2) is 35.2 Å². The van der Waals surface area contributed by atoms with E-state index in [0.717, 1.165) is 0 Å². The summed E-state index contributed by atoms with van der Waals surface area (Å²) in [4.78, 5) is 21.8. The number of hydrogen-bond donors (Lipinski definition) is 4. The van der Waals surface area contributed by atoms with Crippen molar-refractivity contribution < 1.29 is 28.2 Å². The van der Waals surface area contributed by atoms with Gasteiger partial charge in [-0.05, 0) is 12.1 Å². The number of aliphatic hydroxyl groups is 1. The summed E-state index contributed by atoms with van der Waals surface area (Å²) in [6.45, 7) is -0.542. The summed E-state index contributed by atoms with van der Waals surface area (Å²) in [5.41, 5.74) is 0. The van der Waals surface area contributed by atoms with E-state index in [-0.39, 0.29) is 17.9 Å². The van der Waals surface area contributed by atoms with Gasteiger partial charge in [-0.2, -0.15) is 0 Å². The normalized spacial score (nSPS) is 12.6. The number of aliphatic hydroxyl groups excluding tert-OH is 1.